The third-order valence-corrected chi connectivity index (χ3v) is 10.8. The van der Waals surface area contributed by atoms with E-state index in [-0.39, 0.29) is 28.5 Å². The molecule has 7 atom stereocenters. The van der Waals surface area contributed by atoms with Crippen LogP contribution in [0.3, 0.4) is 0 Å². The molecule has 5 nitrogen and oxygen atoms in total. The van der Waals surface area contributed by atoms with Gasteiger partial charge in [0.1, 0.15) is 5.78 Å². The number of alkyl halides is 3. The number of thioether (sulfide) groups is 1. The average molecular weight is 489 g/mol. The molecule has 4 aliphatic carbocycles. The van der Waals surface area contributed by atoms with Crippen LogP contribution in [-0.4, -0.2) is 46.3 Å². The van der Waals surface area contributed by atoms with E-state index in [1.165, 1.54) is 12.8 Å². The highest BCUT2D eigenvalue weighted by Gasteiger charge is 2.63. The molecule has 2 N–H and O–H groups in total. The van der Waals surface area contributed by atoms with Gasteiger partial charge in [-0.2, -0.15) is 24.9 Å². The lowest BCUT2D eigenvalue weighted by Gasteiger charge is -2.60. The van der Waals surface area contributed by atoms with Gasteiger partial charge in [0, 0.05) is 29.5 Å². The number of oxime groups is 1. The average Bonchev–Trinajstić information content (AvgIpc) is 3.01. The molecule has 4 aliphatic rings. The first-order valence-corrected chi connectivity index (χ1v) is 13.3. The first kappa shape index (κ1) is 24.9. The number of nitrogens with zero attached hydrogens (tertiary/aromatic N) is 1. The van der Waals surface area contributed by atoms with Crippen LogP contribution in [0, 0.1) is 34.5 Å². The van der Waals surface area contributed by atoms with Gasteiger partial charge in [-0.1, -0.05) is 31.8 Å². The second-order valence-corrected chi connectivity index (χ2v) is 12.3. The number of hydrogen-bond acceptors (Lipinski definition) is 5. The van der Waals surface area contributed by atoms with E-state index in [9.17, 15) is 28.0 Å². The fraction of sp³-hybridized carbons (Fsp3) is 0.875. The molecule has 1 unspecified atom stereocenters. The number of rotatable bonds is 5. The van der Waals surface area contributed by atoms with E-state index < -0.39 is 12.1 Å². The van der Waals surface area contributed by atoms with E-state index in [2.05, 4.69) is 19.0 Å². The summed E-state index contributed by atoms with van der Waals surface area (Å²) in [5, 5.41) is 15.7. The van der Waals surface area contributed by atoms with Crippen molar-refractivity contribution in [3.63, 3.8) is 0 Å². The first-order chi connectivity index (χ1) is 15.5. The molecule has 4 saturated carbocycles. The fourth-order valence-electron chi connectivity index (χ4n) is 7.82. The van der Waals surface area contributed by atoms with E-state index in [4.69, 9.17) is 0 Å². The number of Topliss-reactive ketones (excluding diaryl/α,β-unsaturated/α-hetero) is 1. The van der Waals surface area contributed by atoms with Gasteiger partial charge >= 0.3 is 12.1 Å². The molecule has 4 fully saturated rings. The van der Waals surface area contributed by atoms with Crippen molar-refractivity contribution in [3.05, 3.63) is 0 Å². The van der Waals surface area contributed by atoms with Gasteiger partial charge in [0.25, 0.3) is 0 Å². The molecule has 0 saturated heterocycles. The minimum absolute atomic E-state index is 0.0267. The van der Waals surface area contributed by atoms with Crippen molar-refractivity contribution in [2.45, 2.75) is 83.1 Å². The predicted molar refractivity (Wildman–Crippen MR) is 121 cm³/mol. The molecule has 9 heteroatoms. The molecule has 0 aromatic heterocycles. The molecule has 0 aromatic rings. The van der Waals surface area contributed by atoms with Crippen LogP contribution < -0.4 is 5.32 Å². The number of amides is 1. The number of fused-ring (bicyclic) bond motifs is 5. The third kappa shape index (κ3) is 4.31. The number of carbonyl (C=O) groups is 2. The maximum atomic E-state index is 13.1. The fourth-order valence-corrected chi connectivity index (χ4v) is 9.41. The third-order valence-electron chi connectivity index (χ3n) is 9.39. The second kappa shape index (κ2) is 9.08. The van der Waals surface area contributed by atoms with E-state index >= 15 is 0 Å². The molecule has 0 aliphatic heterocycles. The summed E-state index contributed by atoms with van der Waals surface area (Å²) in [4.78, 5) is 24.1. The van der Waals surface area contributed by atoms with Crippen molar-refractivity contribution < 1.29 is 28.0 Å². The van der Waals surface area contributed by atoms with Crippen molar-refractivity contribution in [2.24, 2.45) is 39.7 Å². The quantitative estimate of drug-likeness (QED) is 0.316. The maximum absolute atomic E-state index is 13.1. The Bertz CT molecular complexity index is 819. The van der Waals surface area contributed by atoms with E-state index in [1.807, 2.05) is 5.32 Å². The van der Waals surface area contributed by atoms with Crippen LogP contribution in [0.2, 0.25) is 0 Å². The maximum Gasteiger partial charge on any atom is 0.471 e. The summed E-state index contributed by atoms with van der Waals surface area (Å²) in [6, 6.07) is 0. The zero-order valence-corrected chi connectivity index (χ0v) is 20.2. The van der Waals surface area contributed by atoms with Crippen LogP contribution in [0.4, 0.5) is 13.2 Å². The van der Waals surface area contributed by atoms with Crippen molar-refractivity contribution >= 4 is 29.2 Å². The van der Waals surface area contributed by atoms with E-state index in [0.29, 0.717) is 42.1 Å². The summed E-state index contributed by atoms with van der Waals surface area (Å²) >= 11 is 1.67. The Labute approximate surface area is 197 Å². The molecule has 33 heavy (non-hydrogen) atoms. The highest BCUT2D eigenvalue weighted by molar-refractivity contribution is 7.99. The van der Waals surface area contributed by atoms with Crippen LogP contribution in [-0.2, 0) is 9.59 Å². The van der Waals surface area contributed by atoms with Gasteiger partial charge in [-0.15, -0.1) is 0 Å². The van der Waals surface area contributed by atoms with Gasteiger partial charge in [0.05, 0.1) is 5.71 Å². The Morgan fingerprint density at radius 2 is 1.97 bits per heavy atom. The highest BCUT2D eigenvalue weighted by atomic mass is 32.2. The molecule has 0 heterocycles. The number of carbonyl (C=O) groups excluding carboxylic acids is 2. The van der Waals surface area contributed by atoms with Crippen molar-refractivity contribution in [1.29, 1.82) is 0 Å². The summed E-state index contributed by atoms with van der Waals surface area (Å²) in [5.74, 6) is 0.305. The Balaban J connectivity index is 1.47. The summed E-state index contributed by atoms with van der Waals surface area (Å²) in [5.41, 5.74) is 0.634. The SMILES string of the molecule is C[C@]12CCCC[C@@H]1/C(=N/O)C[C@@H]1[C@@H]2CC[C@]2(C)C(=O)CC(SCCCNC(=O)C(F)(F)F)[C@@H]12. The summed E-state index contributed by atoms with van der Waals surface area (Å²) in [7, 11) is 0. The van der Waals surface area contributed by atoms with Gasteiger partial charge in [0.2, 0.25) is 0 Å². The molecular weight excluding hydrogens is 453 g/mol. The molecule has 0 aromatic carbocycles. The van der Waals surface area contributed by atoms with Crippen molar-refractivity contribution in [1.82, 2.24) is 5.32 Å². The predicted octanol–water partition coefficient (Wildman–Crippen LogP) is 5.21. The molecule has 0 bridgehead atoms. The molecule has 0 spiro atoms. The first-order valence-electron chi connectivity index (χ1n) is 12.2. The van der Waals surface area contributed by atoms with Crippen LogP contribution in [0.5, 0.6) is 0 Å². The standard InChI is InChI=1S/C24H35F3N2O3S/c1-22-8-4-3-6-16(22)17(29-32)12-14-15(22)7-9-23(2)19(30)13-18(20(14)23)33-11-5-10-28-21(31)24(25,26)27/h14-16,18,20,32H,3-13H2,1-2H3,(H,28,31)/b29-17+/t14-,15+,16-,18?,20-,22-,23-/m1/s1. The summed E-state index contributed by atoms with van der Waals surface area (Å²) < 4.78 is 37.1. The Morgan fingerprint density at radius 1 is 1.21 bits per heavy atom. The second-order valence-electron chi connectivity index (χ2n) is 11.0. The minimum atomic E-state index is -4.86. The monoisotopic (exact) mass is 488 g/mol. The van der Waals surface area contributed by atoms with Gasteiger partial charge in [0.15, 0.2) is 0 Å². The van der Waals surface area contributed by atoms with Gasteiger partial charge in [-0.25, -0.2) is 0 Å². The van der Waals surface area contributed by atoms with Crippen molar-refractivity contribution in [2.75, 3.05) is 12.3 Å². The highest BCUT2D eigenvalue weighted by Crippen LogP contribution is 2.66. The molecule has 1 amide bonds. The Hall–Kier alpha value is -1.25. The zero-order chi connectivity index (χ0) is 24.0. The van der Waals surface area contributed by atoms with E-state index in [0.717, 1.165) is 37.8 Å². The van der Waals surface area contributed by atoms with Crippen LogP contribution in [0.25, 0.3) is 0 Å². The lowest BCUT2D eigenvalue weighted by Crippen LogP contribution is -2.57. The summed E-state index contributed by atoms with van der Waals surface area (Å²) in [6.07, 6.45) is 3.30. The number of nitrogens with one attached hydrogen (secondary N) is 1. The van der Waals surface area contributed by atoms with E-state index in [1.54, 1.807) is 11.8 Å². The van der Waals surface area contributed by atoms with Gasteiger partial charge in [-0.3, -0.25) is 9.59 Å². The molecular formula is C24H35F3N2O3S. The van der Waals surface area contributed by atoms with Crippen LogP contribution in [0.1, 0.15) is 71.6 Å². The van der Waals surface area contributed by atoms with Gasteiger partial charge in [-0.05, 0) is 67.4 Å². The lowest BCUT2D eigenvalue weighted by atomic mass is 9.45. The Morgan fingerprint density at radius 3 is 2.67 bits per heavy atom. The number of hydrogen-bond donors (Lipinski definition) is 2. The zero-order valence-electron chi connectivity index (χ0n) is 19.4. The molecule has 186 valence electrons. The van der Waals surface area contributed by atoms with Crippen LogP contribution >= 0.6 is 11.8 Å². The van der Waals surface area contributed by atoms with Crippen molar-refractivity contribution in [3.8, 4) is 0 Å². The molecule has 0 radical (unpaired) electrons. The normalized spacial score (nSPS) is 41.9. The summed E-state index contributed by atoms with van der Waals surface area (Å²) in [6.45, 7) is 4.44. The number of ketones is 1. The largest absolute Gasteiger partial charge is 0.471 e. The lowest BCUT2D eigenvalue weighted by molar-refractivity contribution is -0.173. The topological polar surface area (TPSA) is 78.8 Å². The minimum Gasteiger partial charge on any atom is -0.411 e. The Kier molecular flexibility index (Phi) is 6.84. The number of halogens is 3. The van der Waals surface area contributed by atoms with Crippen LogP contribution in [0.15, 0.2) is 5.16 Å². The van der Waals surface area contributed by atoms with Gasteiger partial charge < -0.3 is 10.5 Å². The smallest absolute Gasteiger partial charge is 0.411 e. The molecule has 4 rings (SSSR count).